The van der Waals surface area contributed by atoms with Crippen molar-refractivity contribution in [2.75, 3.05) is 0 Å². The summed E-state index contributed by atoms with van der Waals surface area (Å²) in [5, 5.41) is 10.1. The molecule has 0 aliphatic heterocycles. The van der Waals surface area contributed by atoms with Crippen molar-refractivity contribution in [1.82, 2.24) is 20.1 Å². The first-order chi connectivity index (χ1) is 13.1. The molecule has 1 aliphatic rings. The SMILES string of the molecule is CC(C(=O)NCc1csc(-c2ccccc2)n1)n1nc2c(cc1=O)CCC2. The van der Waals surface area contributed by atoms with Gasteiger partial charge in [0, 0.05) is 17.0 Å². The van der Waals surface area contributed by atoms with Crippen molar-refractivity contribution in [3.8, 4) is 10.6 Å². The summed E-state index contributed by atoms with van der Waals surface area (Å²) in [6.07, 6.45) is 2.78. The van der Waals surface area contributed by atoms with Crippen LogP contribution in [-0.2, 0) is 24.2 Å². The molecule has 0 saturated heterocycles. The molecular formula is C20H20N4O2S. The topological polar surface area (TPSA) is 76.9 Å². The highest BCUT2D eigenvalue weighted by atomic mass is 32.1. The first-order valence-electron chi connectivity index (χ1n) is 9.01. The highest BCUT2D eigenvalue weighted by Gasteiger charge is 2.21. The minimum atomic E-state index is -0.657. The third-order valence-corrected chi connectivity index (χ3v) is 5.69. The fraction of sp³-hybridized carbons (Fsp3) is 0.300. The molecule has 2 aromatic heterocycles. The molecule has 0 radical (unpaired) electrons. The zero-order valence-electron chi connectivity index (χ0n) is 15.0. The van der Waals surface area contributed by atoms with Crippen LogP contribution < -0.4 is 10.9 Å². The Morgan fingerprint density at radius 2 is 2.11 bits per heavy atom. The number of nitrogens with one attached hydrogen (secondary N) is 1. The molecule has 0 saturated carbocycles. The van der Waals surface area contributed by atoms with E-state index in [-0.39, 0.29) is 11.5 Å². The lowest BCUT2D eigenvalue weighted by Crippen LogP contribution is -2.37. The van der Waals surface area contributed by atoms with Gasteiger partial charge in [0.1, 0.15) is 11.0 Å². The van der Waals surface area contributed by atoms with E-state index in [9.17, 15) is 9.59 Å². The molecular weight excluding hydrogens is 360 g/mol. The van der Waals surface area contributed by atoms with E-state index >= 15 is 0 Å². The van der Waals surface area contributed by atoms with Crippen LogP contribution in [0.5, 0.6) is 0 Å². The van der Waals surface area contributed by atoms with E-state index in [1.54, 1.807) is 24.3 Å². The minimum Gasteiger partial charge on any atom is -0.349 e. The number of hydrogen-bond donors (Lipinski definition) is 1. The fourth-order valence-corrected chi connectivity index (χ4v) is 4.06. The molecule has 1 N–H and O–H groups in total. The predicted octanol–water partition coefficient (Wildman–Crippen LogP) is 2.73. The van der Waals surface area contributed by atoms with E-state index in [4.69, 9.17) is 0 Å². The number of carbonyl (C=O) groups excluding carboxylic acids is 1. The molecule has 27 heavy (non-hydrogen) atoms. The van der Waals surface area contributed by atoms with E-state index in [0.29, 0.717) is 6.54 Å². The van der Waals surface area contributed by atoms with Gasteiger partial charge in [-0.2, -0.15) is 5.10 Å². The second kappa shape index (κ2) is 7.44. The second-order valence-corrected chi connectivity index (χ2v) is 7.51. The zero-order valence-corrected chi connectivity index (χ0v) is 15.8. The number of aryl methyl sites for hydroxylation is 2. The van der Waals surface area contributed by atoms with Crippen LogP contribution in [-0.4, -0.2) is 20.7 Å². The lowest BCUT2D eigenvalue weighted by Gasteiger charge is -2.14. The monoisotopic (exact) mass is 380 g/mol. The molecule has 1 aliphatic carbocycles. The van der Waals surface area contributed by atoms with Gasteiger partial charge in [0.25, 0.3) is 5.56 Å². The highest BCUT2D eigenvalue weighted by Crippen LogP contribution is 2.23. The Morgan fingerprint density at radius 3 is 2.93 bits per heavy atom. The number of aromatic nitrogens is 3. The van der Waals surface area contributed by atoms with Crippen LogP contribution >= 0.6 is 11.3 Å². The zero-order chi connectivity index (χ0) is 18.8. The summed E-state index contributed by atoms with van der Waals surface area (Å²) in [4.78, 5) is 29.3. The van der Waals surface area contributed by atoms with E-state index in [1.807, 2.05) is 35.7 Å². The Morgan fingerprint density at radius 1 is 1.30 bits per heavy atom. The molecule has 1 aromatic carbocycles. The highest BCUT2D eigenvalue weighted by molar-refractivity contribution is 7.13. The fourth-order valence-electron chi connectivity index (χ4n) is 3.23. The molecule has 1 atom stereocenters. The van der Waals surface area contributed by atoms with Gasteiger partial charge in [-0.3, -0.25) is 9.59 Å². The number of benzene rings is 1. The molecule has 138 valence electrons. The Labute approximate surface area is 160 Å². The average Bonchev–Trinajstić information content (AvgIpc) is 3.34. The first-order valence-corrected chi connectivity index (χ1v) is 9.89. The van der Waals surface area contributed by atoms with Gasteiger partial charge in [-0.15, -0.1) is 11.3 Å². The summed E-state index contributed by atoms with van der Waals surface area (Å²) < 4.78 is 1.29. The maximum absolute atomic E-state index is 12.5. The van der Waals surface area contributed by atoms with Gasteiger partial charge in [0.05, 0.1) is 17.9 Å². The molecule has 1 amide bonds. The Bertz CT molecular complexity index is 1030. The number of nitrogens with zero attached hydrogens (tertiary/aromatic N) is 3. The van der Waals surface area contributed by atoms with E-state index in [1.165, 1.54) is 4.68 Å². The molecule has 2 heterocycles. The molecule has 6 nitrogen and oxygen atoms in total. The lowest BCUT2D eigenvalue weighted by atomic mass is 10.2. The van der Waals surface area contributed by atoms with Crippen molar-refractivity contribution in [1.29, 1.82) is 0 Å². The molecule has 3 aromatic rings. The number of hydrogen-bond acceptors (Lipinski definition) is 5. The van der Waals surface area contributed by atoms with Crippen molar-refractivity contribution in [3.05, 3.63) is 69.1 Å². The van der Waals surface area contributed by atoms with Gasteiger partial charge in [-0.1, -0.05) is 30.3 Å². The van der Waals surface area contributed by atoms with Gasteiger partial charge >= 0.3 is 0 Å². The number of thiazole rings is 1. The summed E-state index contributed by atoms with van der Waals surface area (Å²) in [7, 11) is 0. The van der Waals surface area contributed by atoms with E-state index in [0.717, 1.165) is 46.8 Å². The third-order valence-electron chi connectivity index (χ3n) is 4.74. The minimum absolute atomic E-state index is 0.224. The van der Waals surface area contributed by atoms with Crippen LogP contribution in [0, 0.1) is 0 Å². The van der Waals surface area contributed by atoms with Crippen LogP contribution in [0.2, 0.25) is 0 Å². The van der Waals surface area contributed by atoms with Gasteiger partial charge in [-0.25, -0.2) is 9.67 Å². The Hall–Kier alpha value is -2.80. The standard InChI is InChI=1S/C20H20N4O2S/c1-13(24-18(25)10-15-8-5-9-17(15)23-24)19(26)21-11-16-12-27-20(22-16)14-6-3-2-4-7-14/h2-4,6-7,10,12-13H,5,8-9,11H2,1H3,(H,21,26). The number of amides is 1. The molecule has 0 spiro atoms. The van der Waals surface area contributed by atoms with E-state index < -0.39 is 6.04 Å². The summed E-state index contributed by atoms with van der Waals surface area (Å²) in [6, 6.07) is 10.9. The van der Waals surface area contributed by atoms with Gasteiger partial charge in [-0.05, 0) is 31.7 Å². The summed E-state index contributed by atoms with van der Waals surface area (Å²) >= 11 is 1.55. The predicted molar refractivity (Wildman–Crippen MR) is 105 cm³/mol. The summed E-state index contributed by atoms with van der Waals surface area (Å²) in [5.74, 6) is -0.239. The maximum Gasteiger partial charge on any atom is 0.267 e. The molecule has 0 bridgehead atoms. The van der Waals surface area contributed by atoms with Crippen molar-refractivity contribution in [3.63, 3.8) is 0 Å². The Kier molecular flexibility index (Phi) is 4.85. The van der Waals surface area contributed by atoms with Crippen molar-refractivity contribution in [2.45, 2.75) is 38.8 Å². The molecule has 1 unspecified atom stereocenters. The van der Waals surface area contributed by atoms with Gasteiger partial charge < -0.3 is 5.32 Å². The van der Waals surface area contributed by atoms with Gasteiger partial charge in [0.2, 0.25) is 5.91 Å². The average molecular weight is 380 g/mol. The van der Waals surface area contributed by atoms with Crippen molar-refractivity contribution in [2.24, 2.45) is 0 Å². The van der Waals surface area contributed by atoms with E-state index in [2.05, 4.69) is 15.4 Å². The van der Waals surface area contributed by atoms with Gasteiger partial charge in [0.15, 0.2) is 0 Å². The first kappa shape index (κ1) is 17.6. The number of rotatable bonds is 5. The maximum atomic E-state index is 12.5. The normalized spacial score (nSPS) is 14.0. The second-order valence-electron chi connectivity index (χ2n) is 6.66. The Balaban J connectivity index is 1.43. The third kappa shape index (κ3) is 3.68. The van der Waals surface area contributed by atoms with Crippen LogP contribution in [0.1, 0.15) is 36.3 Å². The summed E-state index contributed by atoms with van der Waals surface area (Å²) in [5.41, 5.74) is 3.58. The van der Waals surface area contributed by atoms with Crippen LogP contribution in [0.15, 0.2) is 46.6 Å². The number of carbonyl (C=O) groups is 1. The largest absolute Gasteiger partial charge is 0.349 e. The molecule has 4 rings (SSSR count). The van der Waals surface area contributed by atoms with Crippen LogP contribution in [0.25, 0.3) is 10.6 Å². The quantitative estimate of drug-likeness (QED) is 0.738. The van der Waals surface area contributed by atoms with Crippen molar-refractivity contribution < 1.29 is 4.79 Å². The summed E-state index contributed by atoms with van der Waals surface area (Å²) in [6.45, 7) is 2.02. The number of fused-ring (bicyclic) bond motifs is 1. The molecule has 7 heteroatoms. The molecule has 0 fully saturated rings. The van der Waals surface area contributed by atoms with Crippen LogP contribution in [0.4, 0.5) is 0 Å². The smallest absolute Gasteiger partial charge is 0.267 e. The van der Waals surface area contributed by atoms with Crippen molar-refractivity contribution >= 4 is 17.2 Å². The lowest BCUT2D eigenvalue weighted by molar-refractivity contribution is -0.124. The van der Waals surface area contributed by atoms with Crippen LogP contribution in [0.3, 0.4) is 0 Å².